The normalized spacial score (nSPS) is 11.4. The summed E-state index contributed by atoms with van der Waals surface area (Å²) in [6.45, 7) is 1.91. The number of fused-ring (bicyclic) bond motifs is 1. The van der Waals surface area contributed by atoms with Gasteiger partial charge < -0.3 is 4.74 Å². The van der Waals surface area contributed by atoms with Crippen LogP contribution < -0.4 is 10.3 Å². The molecule has 4 aromatic rings. The molecule has 0 aliphatic heterocycles. The first-order chi connectivity index (χ1) is 14.9. The second-order valence-corrected chi connectivity index (χ2v) is 8.11. The number of hydrogen-bond donors (Lipinski definition) is 0. The van der Waals surface area contributed by atoms with Gasteiger partial charge >= 0.3 is 0 Å². The predicted octanol–water partition coefficient (Wildman–Crippen LogP) is 5.72. The van der Waals surface area contributed by atoms with Crippen LogP contribution in [-0.2, 0) is 6.61 Å². The first kappa shape index (κ1) is 21.2. The Labute approximate surface area is 190 Å². The van der Waals surface area contributed by atoms with Crippen molar-refractivity contribution < 1.29 is 9.13 Å². The lowest BCUT2D eigenvalue weighted by Crippen LogP contribution is -2.20. The van der Waals surface area contributed by atoms with Gasteiger partial charge in [0.05, 0.1) is 22.1 Å². The molecule has 5 nitrogen and oxygen atoms in total. The number of rotatable bonds is 5. The molecule has 0 saturated heterocycles. The summed E-state index contributed by atoms with van der Waals surface area (Å²) in [5.74, 6) is 0.616. The van der Waals surface area contributed by atoms with Gasteiger partial charge in [-0.1, -0.05) is 39.7 Å². The highest BCUT2D eigenvalue weighted by molar-refractivity contribution is 9.10. The van der Waals surface area contributed by atoms with Crippen LogP contribution in [0.2, 0.25) is 5.02 Å². The van der Waals surface area contributed by atoms with Crippen molar-refractivity contribution in [2.75, 3.05) is 0 Å². The Balaban J connectivity index is 1.56. The van der Waals surface area contributed by atoms with Crippen molar-refractivity contribution in [1.29, 1.82) is 0 Å². The molecule has 0 saturated carbocycles. The summed E-state index contributed by atoms with van der Waals surface area (Å²) in [5.41, 5.74) is 1.73. The second kappa shape index (κ2) is 8.99. The third kappa shape index (κ3) is 4.84. The zero-order valence-electron chi connectivity index (χ0n) is 16.3. The topological polar surface area (TPSA) is 56.5 Å². The third-order valence-electron chi connectivity index (χ3n) is 4.53. The van der Waals surface area contributed by atoms with Gasteiger partial charge in [0.25, 0.3) is 5.56 Å². The molecule has 0 radical (unpaired) electrons. The van der Waals surface area contributed by atoms with Crippen LogP contribution in [0.3, 0.4) is 0 Å². The van der Waals surface area contributed by atoms with Gasteiger partial charge in [0.15, 0.2) is 0 Å². The van der Waals surface area contributed by atoms with E-state index in [0.717, 1.165) is 4.47 Å². The van der Waals surface area contributed by atoms with Crippen molar-refractivity contribution in [2.45, 2.75) is 13.5 Å². The Hall–Kier alpha value is -3.03. The molecular formula is C23H16BrClFN3O2. The van der Waals surface area contributed by atoms with Crippen LogP contribution in [0.4, 0.5) is 4.39 Å². The molecule has 3 aromatic carbocycles. The molecule has 0 fully saturated rings. The van der Waals surface area contributed by atoms with E-state index in [9.17, 15) is 9.18 Å². The molecule has 0 amide bonds. The van der Waals surface area contributed by atoms with Crippen molar-refractivity contribution in [1.82, 2.24) is 9.66 Å². The molecule has 4 rings (SSSR count). The maximum absolute atomic E-state index is 13.3. The van der Waals surface area contributed by atoms with E-state index < -0.39 is 0 Å². The molecule has 0 atom stereocenters. The average Bonchev–Trinajstić information content (AvgIpc) is 2.74. The van der Waals surface area contributed by atoms with E-state index in [1.54, 1.807) is 49.4 Å². The maximum atomic E-state index is 13.3. The number of aryl methyl sites for hydroxylation is 1. The minimum absolute atomic E-state index is 0.192. The minimum atomic E-state index is -0.320. The van der Waals surface area contributed by atoms with Crippen LogP contribution in [0.25, 0.3) is 10.9 Å². The fraction of sp³-hybridized carbons (Fsp3) is 0.0870. The summed E-state index contributed by atoms with van der Waals surface area (Å²) in [4.78, 5) is 17.2. The van der Waals surface area contributed by atoms with Crippen molar-refractivity contribution in [3.05, 3.63) is 103 Å². The van der Waals surface area contributed by atoms with Crippen LogP contribution in [0.5, 0.6) is 5.75 Å². The minimum Gasteiger partial charge on any atom is -0.487 e. The van der Waals surface area contributed by atoms with Gasteiger partial charge in [-0.2, -0.15) is 9.78 Å². The van der Waals surface area contributed by atoms with E-state index in [1.165, 1.54) is 23.0 Å². The van der Waals surface area contributed by atoms with Crippen LogP contribution >= 0.6 is 27.5 Å². The maximum Gasteiger partial charge on any atom is 0.282 e. The standard InChI is InChI=1S/C23H16BrClFN3O2/c1-14-28-21-7-6-17(24)11-19(21)23(30)29(14)27-12-15-5-8-22(20(25)10-15)31-13-16-3-2-4-18(26)9-16/h2-12H,13H2,1H3. The molecule has 0 bridgehead atoms. The molecule has 31 heavy (non-hydrogen) atoms. The van der Waals surface area contributed by atoms with E-state index in [2.05, 4.69) is 26.0 Å². The summed E-state index contributed by atoms with van der Waals surface area (Å²) < 4.78 is 21.0. The Morgan fingerprint density at radius 1 is 1.19 bits per heavy atom. The molecule has 156 valence electrons. The fourth-order valence-corrected chi connectivity index (χ4v) is 3.63. The quantitative estimate of drug-likeness (QED) is 0.329. The number of aromatic nitrogens is 2. The highest BCUT2D eigenvalue weighted by Gasteiger charge is 2.08. The predicted molar refractivity (Wildman–Crippen MR) is 124 cm³/mol. The average molecular weight is 501 g/mol. The molecule has 0 spiro atoms. The molecular weight excluding hydrogens is 485 g/mol. The monoisotopic (exact) mass is 499 g/mol. The summed E-state index contributed by atoms with van der Waals surface area (Å²) in [6.07, 6.45) is 1.53. The second-order valence-electron chi connectivity index (χ2n) is 6.79. The molecule has 8 heteroatoms. The number of hydrogen-bond acceptors (Lipinski definition) is 4. The third-order valence-corrected chi connectivity index (χ3v) is 5.32. The van der Waals surface area contributed by atoms with E-state index in [1.807, 2.05) is 6.07 Å². The van der Waals surface area contributed by atoms with E-state index in [0.29, 0.717) is 38.6 Å². The van der Waals surface area contributed by atoms with Crippen LogP contribution in [0, 0.1) is 12.7 Å². The van der Waals surface area contributed by atoms with Gasteiger partial charge in [-0.15, -0.1) is 0 Å². The zero-order chi connectivity index (χ0) is 22.0. The summed E-state index contributed by atoms with van der Waals surface area (Å²) in [6, 6.07) is 16.7. The Morgan fingerprint density at radius 3 is 2.81 bits per heavy atom. The smallest absolute Gasteiger partial charge is 0.282 e. The van der Waals surface area contributed by atoms with Gasteiger partial charge in [0, 0.05) is 4.47 Å². The molecule has 0 aliphatic rings. The van der Waals surface area contributed by atoms with Gasteiger partial charge in [0.2, 0.25) is 0 Å². The zero-order valence-corrected chi connectivity index (χ0v) is 18.7. The largest absolute Gasteiger partial charge is 0.487 e. The van der Waals surface area contributed by atoms with Gasteiger partial charge in [-0.3, -0.25) is 4.79 Å². The Bertz CT molecular complexity index is 1370. The van der Waals surface area contributed by atoms with Crippen LogP contribution in [-0.4, -0.2) is 15.9 Å². The molecule has 0 aliphatic carbocycles. The number of nitrogens with zero attached hydrogens (tertiary/aromatic N) is 3. The lowest BCUT2D eigenvalue weighted by Gasteiger charge is -2.09. The summed E-state index contributed by atoms with van der Waals surface area (Å²) in [7, 11) is 0. The fourth-order valence-electron chi connectivity index (χ4n) is 3.02. The summed E-state index contributed by atoms with van der Waals surface area (Å²) in [5, 5.41) is 5.14. The first-order valence-electron chi connectivity index (χ1n) is 9.31. The van der Waals surface area contributed by atoms with Crippen molar-refractivity contribution in [3.63, 3.8) is 0 Å². The first-order valence-corrected chi connectivity index (χ1v) is 10.5. The molecule has 1 aromatic heterocycles. The van der Waals surface area contributed by atoms with Crippen LogP contribution in [0.1, 0.15) is 17.0 Å². The number of halogens is 3. The van der Waals surface area contributed by atoms with E-state index >= 15 is 0 Å². The van der Waals surface area contributed by atoms with Gasteiger partial charge in [0.1, 0.15) is 24.0 Å². The van der Waals surface area contributed by atoms with Crippen molar-refractivity contribution in [2.24, 2.45) is 5.10 Å². The SMILES string of the molecule is Cc1nc2ccc(Br)cc2c(=O)n1N=Cc1ccc(OCc2cccc(F)c2)c(Cl)c1. The lowest BCUT2D eigenvalue weighted by molar-refractivity contribution is 0.306. The summed E-state index contributed by atoms with van der Waals surface area (Å²) >= 11 is 9.69. The van der Waals surface area contributed by atoms with Gasteiger partial charge in [-0.05, 0) is 66.6 Å². The number of benzene rings is 3. The lowest BCUT2D eigenvalue weighted by atomic mass is 10.2. The Morgan fingerprint density at radius 2 is 2.03 bits per heavy atom. The molecule has 0 unspecified atom stereocenters. The van der Waals surface area contributed by atoms with Crippen molar-refractivity contribution in [3.8, 4) is 5.75 Å². The highest BCUT2D eigenvalue weighted by atomic mass is 79.9. The van der Waals surface area contributed by atoms with Crippen molar-refractivity contribution >= 4 is 44.6 Å². The Kier molecular flexibility index (Phi) is 6.15. The van der Waals surface area contributed by atoms with Gasteiger partial charge in [-0.25, -0.2) is 9.37 Å². The molecule has 1 heterocycles. The van der Waals surface area contributed by atoms with E-state index in [-0.39, 0.29) is 18.0 Å². The van der Waals surface area contributed by atoms with E-state index in [4.69, 9.17) is 16.3 Å². The highest BCUT2D eigenvalue weighted by Crippen LogP contribution is 2.26. The molecule has 0 N–H and O–H groups in total. The number of ether oxygens (including phenoxy) is 1. The van der Waals surface area contributed by atoms with Crippen LogP contribution in [0.15, 0.2) is 75.0 Å².